The molecule has 0 saturated heterocycles. The number of halogens is 2. The molecule has 4 heteroatoms. The van der Waals surface area contributed by atoms with E-state index in [9.17, 15) is 0 Å². The molecule has 0 aliphatic carbocycles. The Morgan fingerprint density at radius 1 is 1.33 bits per heavy atom. The Bertz CT molecular complexity index is 384. The van der Waals surface area contributed by atoms with Gasteiger partial charge in [0, 0.05) is 6.07 Å². The van der Waals surface area contributed by atoms with Crippen LogP contribution < -0.4 is 10.5 Å². The summed E-state index contributed by atoms with van der Waals surface area (Å²) >= 11 is 11.6. The molecule has 82 valence electrons. The Morgan fingerprint density at radius 2 is 1.93 bits per heavy atom. The molecular formula is C11H13Cl2NO. The first kappa shape index (κ1) is 12.2. The summed E-state index contributed by atoms with van der Waals surface area (Å²) in [4.78, 5) is 0. The predicted octanol–water partition coefficient (Wildman–Crippen LogP) is 3.92. The Balaban J connectivity index is 2.77. The van der Waals surface area contributed by atoms with E-state index >= 15 is 0 Å². The van der Waals surface area contributed by atoms with Crippen LogP contribution in [0.25, 0.3) is 0 Å². The molecule has 0 atom stereocenters. The van der Waals surface area contributed by atoms with Gasteiger partial charge in [0.15, 0.2) is 0 Å². The Morgan fingerprint density at radius 3 is 2.53 bits per heavy atom. The molecule has 0 aliphatic heterocycles. The third-order valence-electron chi connectivity index (χ3n) is 1.78. The highest BCUT2D eigenvalue weighted by molar-refractivity contribution is 6.42. The first-order valence-electron chi connectivity index (χ1n) is 4.51. The van der Waals surface area contributed by atoms with Crippen molar-refractivity contribution < 1.29 is 4.74 Å². The van der Waals surface area contributed by atoms with Gasteiger partial charge < -0.3 is 10.5 Å². The molecule has 0 radical (unpaired) electrons. The fourth-order valence-electron chi connectivity index (χ4n) is 0.967. The summed E-state index contributed by atoms with van der Waals surface area (Å²) in [6.45, 7) is 4.48. The zero-order valence-corrected chi connectivity index (χ0v) is 10.2. The summed E-state index contributed by atoms with van der Waals surface area (Å²) in [5.74, 6) is 0.557. The lowest BCUT2D eigenvalue weighted by Crippen LogP contribution is -1.98. The molecule has 1 aromatic carbocycles. The van der Waals surface area contributed by atoms with Crippen molar-refractivity contribution in [3.05, 3.63) is 33.8 Å². The van der Waals surface area contributed by atoms with E-state index in [1.54, 1.807) is 12.1 Å². The highest BCUT2D eigenvalue weighted by atomic mass is 35.5. The number of hydrogen-bond donors (Lipinski definition) is 1. The van der Waals surface area contributed by atoms with E-state index in [0.29, 0.717) is 28.1 Å². The van der Waals surface area contributed by atoms with Gasteiger partial charge in [-0.3, -0.25) is 0 Å². The maximum Gasteiger partial charge on any atom is 0.144 e. The van der Waals surface area contributed by atoms with Crippen LogP contribution in [0.2, 0.25) is 10.0 Å². The molecule has 0 aromatic heterocycles. The number of allylic oxidation sites excluding steroid dienone is 1. The number of anilines is 1. The number of hydrogen-bond acceptors (Lipinski definition) is 2. The van der Waals surface area contributed by atoms with Gasteiger partial charge in [0.1, 0.15) is 12.4 Å². The molecule has 0 spiro atoms. The van der Waals surface area contributed by atoms with Crippen LogP contribution in [0, 0.1) is 0 Å². The number of ether oxygens (including phenoxy) is 1. The molecule has 0 bridgehead atoms. The van der Waals surface area contributed by atoms with E-state index < -0.39 is 0 Å². The van der Waals surface area contributed by atoms with Crippen molar-refractivity contribution in [2.45, 2.75) is 13.8 Å². The topological polar surface area (TPSA) is 35.2 Å². The molecule has 2 N–H and O–H groups in total. The van der Waals surface area contributed by atoms with Crippen LogP contribution in [0.5, 0.6) is 5.75 Å². The van der Waals surface area contributed by atoms with Crippen LogP contribution in [0.4, 0.5) is 5.69 Å². The quantitative estimate of drug-likeness (QED) is 0.648. The van der Waals surface area contributed by atoms with E-state index in [-0.39, 0.29) is 0 Å². The van der Waals surface area contributed by atoms with Crippen molar-refractivity contribution in [1.82, 2.24) is 0 Å². The zero-order valence-electron chi connectivity index (χ0n) is 8.68. The van der Waals surface area contributed by atoms with Crippen molar-refractivity contribution in [3.8, 4) is 5.75 Å². The largest absolute Gasteiger partial charge is 0.487 e. The summed E-state index contributed by atoms with van der Waals surface area (Å²) in [7, 11) is 0. The number of nitrogens with two attached hydrogens (primary N) is 1. The molecule has 1 aromatic rings. The lowest BCUT2D eigenvalue weighted by Gasteiger charge is -2.08. The van der Waals surface area contributed by atoms with Crippen molar-refractivity contribution in [3.63, 3.8) is 0 Å². The summed E-state index contributed by atoms with van der Waals surface area (Å²) < 4.78 is 5.44. The van der Waals surface area contributed by atoms with Gasteiger partial charge in [-0.05, 0) is 26.0 Å². The number of benzene rings is 1. The van der Waals surface area contributed by atoms with Crippen LogP contribution in [0.1, 0.15) is 13.8 Å². The molecule has 0 unspecified atom stereocenters. The maximum absolute atomic E-state index is 5.84. The highest BCUT2D eigenvalue weighted by Gasteiger charge is 2.05. The monoisotopic (exact) mass is 245 g/mol. The zero-order chi connectivity index (χ0) is 11.4. The van der Waals surface area contributed by atoms with Gasteiger partial charge in [0.05, 0.1) is 15.7 Å². The minimum atomic E-state index is 0.434. The predicted molar refractivity (Wildman–Crippen MR) is 65.8 cm³/mol. The average molecular weight is 246 g/mol. The molecule has 15 heavy (non-hydrogen) atoms. The molecule has 1 rings (SSSR count). The standard InChI is InChI=1S/C11H13Cl2NO/c1-7(2)3-4-15-11-6-9(13)8(12)5-10(11)14/h3,5-6H,4,14H2,1-2H3. The molecule has 0 amide bonds. The number of nitrogen functional groups attached to an aromatic ring is 1. The number of rotatable bonds is 3. The van der Waals surface area contributed by atoms with Crippen LogP contribution in [0.3, 0.4) is 0 Å². The van der Waals surface area contributed by atoms with Crippen molar-refractivity contribution in [1.29, 1.82) is 0 Å². The van der Waals surface area contributed by atoms with E-state index in [4.69, 9.17) is 33.7 Å². The Kier molecular flexibility index (Phi) is 4.30. The first-order valence-corrected chi connectivity index (χ1v) is 5.27. The molecule has 2 nitrogen and oxygen atoms in total. The van der Waals surface area contributed by atoms with Crippen LogP contribution >= 0.6 is 23.2 Å². The van der Waals surface area contributed by atoms with Crippen molar-refractivity contribution in [2.75, 3.05) is 12.3 Å². The van der Waals surface area contributed by atoms with Gasteiger partial charge in [-0.1, -0.05) is 28.8 Å². The molecule has 0 aliphatic rings. The molecule has 0 heterocycles. The second-order valence-electron chi connectivity index (χ2n) is 3.40. The smallest absolute Gasteiger partial charge is 0.144 e. The van der Waals surface area contributed by atoms with E-state index in [1.807, 2.05) is 19.9 Å². The SMILES string of the molecule is CC(C)=CCOc1cc(Cl)c(Cl)cc1N. The summed E-state index contributed by atoms with van der Waals surface area (Å²) in [6.07, 6.45) is 1.96. The molecule has 0 saturated carbocycles. The minimum absolute atomic E-state index is 0.434. The normalized spacial score (nSPS) is 9.87. The fourth-order valence-corrected chi connectivity index (χ4v) is 1.29. The third-order valence-corrected chi connectivity index (χ3v) is 2.51. The average Bonchev–Trinajstić information content (AvgIpc) is 2.13. The Hall–Kier alpha value is -0.860. The lowest BCUT2D eigenvalue weighted by atomic mass is 10.3. The highest BCUT2D eigenvalue weighted by Crippen LogP contribution is 2.32. The molecular weight excluding hydrogens is 233 g/mol. The van der Waals surface area contributed by atoms with Gasteiger partial charge >= 0.3 is 0 Å². The van der Waals surface area contributed by atoms with Crippen LogP contribution in [-0.2, 0) is 0 Å². The summed E-state index contributed by atoms with van der Waals surface area (Å²) in [6, 6.07) is 3.21. The third kappa shape index (κ3) is 3.65. The van der Waals surface area contributed by atoms with Crippen molar-refractivity contribution in [2.24, 2.45) is 0 Å². The minimum Gasteiger partial charge on any atom is -0.487 e. The van der Waals surface area contributed by atoms with Crippen molar-refractivity contribution >= 4 is 28.9 Å². The van der Waals surface area contributed by atoms with E-state index in [2.05, 4.69) is 0 Å². The van der Waals surface area contributed by atoms with E-state index in [0.717, 1.165) is 0 Å². The Labute approximate surface area is 99.6 Å². The first-order chi connectivity index (χ1) is 7.00. The van der Waals surface area contributed by atoms with Gasteiger partial charge in [0.2, 0.25) is 0 Å². The van der Waals surface area contributed by atoms with Gasteiger partial charge in [0.25, 0.3) is 0 Å². The van der Waals surface area contributed by atoms with Gasteiger partial charge in [-0.2, -0.15) is 0 Å². The van der Waals surface area contributed by atoms with Gasteiger partial charge in [-0.25, -0.2) is 0 Å². The second-order valence-corrected chi connectivity index (χ2v) is 4.21. The summed E-state index contributed by atoms with van der Waals surface area (Å²) in [5, 5.41) is 0.877. The van der Waals surface area contributed by atoms with Crippen LogP contribution in [0.15, 0.2) is 23.8 Å². The molecule has 0 fully saturated rings. The van der Waals surface area contributed by atoms with E-state index in [1.165, 1.54) is 5.57 Å². The summed E-state index contributed by atoms with van der Waals surface area (Å²) in [5.41, 5.74) is 7.40. The maximum atomic E-state index is 5.84. The second kappa shape index (κ2) is 5.29. The van der Waals surface area contributed by atoms with Gasteiger partial charge in [-0.15, -0.1) is 0 Å². The van der Waals surface area contributed by atoms with Crippen LogP contribution in [-0.4, -0.2) is 6.61 Å². The fraction of sp³-hybridized carbons (Fsp3) is 0.273. The lowest BCUT2D eigenvalue weighted by molar-refractivity contribution is 0.364.